The molecule has 1 N–H and O–H groups in total. The summed E-state index contributed by atoms with van der Waals surface area (Å²) in [5.41, 5.74) is 0.593. The highest BCUT2D eigenvalue weighted by atomic mass is 16.5. The maximum atomic E-state index is 12.2. The molecular weight excluding hydrogens is 324 g/mol. The second kappa shape index (κ2) is 12.1. The molecule has 0 radical (unpaired) electrons. The monoisotopic (exact) mass is 354 g/mol. The number of pyridine rings is 1. The third-order valence-corrected chi connectivity index (χ3v) is 4.29. The molecule has 0 unspecified atom stereocenters. The van der Waals surface area contributed by atoms with E-state index in [0.717, 1.165) is 18.8 Å². The van der Waals surface area contributed by atoms with Gasteiger partial charge in [0.2, 0.25) is 0 Å². The summed E-state index contributed by atoms with van der Waals surface area (Å²) in [7, 11) is 0. The van der Waals surface area contributed by atoms with Crippen LogP contribution in [0, 0.1) is 0 Å². The minimum Gasteiger partial charge on any atom is -0.494 e. The zero-order chi connectivity index (χ0) is 18.5. The van der Waals surface area contributed by atoms with Gasteiger partial charge >= 0.3 is 0 Å². The summed E-state index contributed by atoms with van der Waals surface area (Å²) in [6.07, 6.45) is 12.0. The predicted molar refractivity (Wildman–Crippen MR) is 107 cm³/mol. The molecule has 0 aliphatic heterocycles. The zero-order valence-electron chi connectivity index (χ0n) is 15.7. The molecule has 1 amide bonds. The lowest BCUT2D eigenvalue weighted by Crippen LogP contribution is -2.12. The number of rotatable bonds is 12. The molecule has 0 fully saturated rings. The average molecular weight is 354 g/mol. The van der Waals surface area contributed by atoms with E-state index >= 15 is 0 Å². The standard InChI is InChI=1S/C22H30N2O2/c1-2-3-4-5-6-7-8-11-18-26-20-15-13-19(14-16-20)22(25)24-21-12-9-10-17-23-21/h9-10,12-17H,2-8,11,18H2,1H3,(H,23,24,25). The van der Waals surface area contributed by atoms with E-state index in [-0.39, 0.29) is 5.91 Å². The molecule has 0 bridgehead atoms. The summed E-state index contributed by atoms with van der Waals surface area (Å²) in [5.74, 6) is 1.19. The van der Waals surface area contributed by atoms with Crippen molar-refractivity contribution in [3.8, 4) is 5.75 Å². The lowest BCUT2D eigenvalue weighted by molar-refractivity contribution is 0.102. The first kappa shape index (κ1) is 20.0. The molecule has 0 atom stereocenters. The minimum atomic E-state index is -0.168. The van der Waals surface area contributed by atoms with Crippen LogP contribution >= 0.6 is 0 Å². The maximum Gasteiger partial charge on any atom is 0.256 e. The van der Waals surface area contributed by atoms with Gasteiger partial charge in [-0.05, 0) is 42.8 Å². The molecular formula is C22H30N2O2. The summed E-state index contributed by atoms with van der Waals surface area (Å²) in [6, 6.07) is 12.7. The van der Waals surface area contributed by atoms with E-state index in [9.17, 15) is 4.79 Å². The van der Waals surface area contributed by atoms with Crippen LogP contribution in [0.5, 0.6) is 5.75 Å². The van der Waals surface area contributed by atoms with E-state index in [4.69, 9.17) is 4.74 Å². The molecule has 0 aliphatic carbocycles. The van der Waals surface area contributed by atoms with E-state index in [1.165, 1.54) is 44.9 Å². The van der Waals surface area contributed by atoms with E-state index in [0.29, 0.717) is 11.4 Å². The number of benzene rings is 1. The number of amides is 1. The Morgan fingerprint density at radius 3 is 2.27 bits per heavy atom. The summed E-state index contributed by atoms with van der Waals surface area (Å²) < 4.78 is 5.76. The summed E-state index contributed by atoms with van der Waals surface area (Å²) in [4.78, 5) is 16.3. The molecule has 0 aliphatic rings. The molecule has 2 aromatic rings. The quantitative estimate of drug-likeness (QED) is 0.486. The summed E-state index contributed by atoms with van der Waals surface area (Å²) in [6.45, 7) is 2.98. The number of hydrogen-bond donors (Lipinski definition) is 1. The fourth-order valence-electron chi connectivity index (χ4n) is 2.75. The first-order chi connectivity index (χ1) is 12.8. The Kier molecular flexibility index (Phi) is 9.26. The van der Waals surface area contributed by atoms with E-state index in [2.05, 4.69) is 17.2 Å². The number of carbonyl (C=O) groups excluding carboxylic acids is 1. The highest BCUT2D eigenvalue weighted by molar-refractivity contribution is 6.03. The van der Waals surface area contributed by atoms with Crippen LogP contribution in [0.25, 0.3) is 0 Å². The van der Waals surface area contributed by atoms with Crippen molar-refractivity contribution in [2.75, 3.05) is 11.9 Å². The van der Waals surface area contributed by atoms with Crippen LogP contribution in [0.4, 0.5) is 5.82 Å². The number of ether oxygens (including phenoxy) is 1. The molecule has 1 aromatic heterocycles. The van der Waals surface area contributed by atoms with Crippen molar-refractivity contribution in [1.29, 1.82) is 0 Å². The van der Waals surface area contributed by atoms with Crippen LogP contribution in [-0.2, 0) is 0 Å². The van der Waals surface area contributed by atoms with E-state index in [1.807, 2.05) is 24.3 Å². The molecule has 140 valence electrons. The van der Waals surface area contributed by atoms with Crippen molar-refractivity contribution < 1.29 is 9.53 Å². The van der Waals surface area contributed by atoms with Gasteiger partial charge in [0, 0.05) is 11.8 Å². The fraction of sp³-hybridized carbons (Fsp3) is 0.455. The van der Waals surface area contributed by atoms with Crippen molar-refractivity contribution in [3.05, 3.63) is 54.2 Å². The highest BCUT2D eigenvalue weighted by Crippen LogP contribution is 2.15. The predicted octanol–water partition coefficient (Wildman–Crippen LogP) is 5.85. The molecule has 4 heteroatoms. The Hall–Kier alpha value is -2.36. The Morgan fingerprint density at radius 1 is 0.923 bits per heavy atom. The number of anilines is 1. The van der Waals surface area contributed by atoms with Gasteiger partial charge in [-0.2, -0.15) is 0 Å². The Balaban J connectivity index is 1.62. The highest BCUT2D eigenvalue weighted by Gasteiger charge is 2.06. The lowest BCUT2D eigenvalue weighted by atomic mass is 10.1. The zero-order valence-corrected chi connectivity index (χ0v) is 15.7. The molecule has 0 saturated carbocycles. The van der Waals surface area contributed by atoms with Gasteiger partial charge in [-0.3, -0.25) is 4.79 Å². The third kappa shape index (κ3) is 7.68. The number of nitrogens with one attached hydrogen (secondary N) is 1. The lowest BCUT2D eigenvalue weighted by Gasteiger charge is -2.08. The molecule has 1 heterocycles. The van der Waals surface area contributed by atoms with Gasteiger partial charge in [0.25, 0.3) is 5.91 Å². The minimum absolute atomic E-state index is 0.168. The van der Waals surface area contributed by atoms with Crippen LogP contribution < -0.4 is 10.1 Å². The van der Waals surface area contributed by atoms with Gasteiger partial charge < -0.3 is 10.1 Å². The van der Waals surface area contributed by atoms with Crippen LogP contribution in [0.3, 0.4) is 0 Å². The van der Waals surface area contributed by atoms with Crippen LogP contribution in [0.1, 0.15) is 68.6 Å². The van der Waals surface area contributed by atoms with E-state index in [1.54, 1.807) is 24.4 Å². The molecule has 26 heavy (non-hydrogen) atoms. The fourth-order valence-corrected chi connectivity index (χ4v) is 2.75. The molecule has 1 aromatic carbocycles. The van der Waals surface area contributed by atoms with Crippen molar-refractivity contribution in [3.63, 3.8) is 0 Å². The van der Waals surface area contributed by atoms with Gasteiger partial charge in [0.05, 0.1) is 6.61 Å². The van der Waals surface area contributed by atoms with Crippen LogP contribution in [0.2, 0.25) is 0 Å². The number of nitrogens with zero attached hydrogens (tertiary/aromatic N) is 1. The van der Waals surface area contributed by atoms with Gasteiger partial charge in [0.1, 0.15) is 11.6 Å². The smallest absolute Gasteiger partial charge is 0.256 e. The normalized spacial score (nSPS) is 10.5. The van der Waals surface area contributed by atoms with Crippen molar-refractivity contribution in [2.24, 2.45) is 0 Å². The Labute approximate surface area is 157 Å². The molecule has 2 rings (SSSR count). The summed E-state index contributed by atoms with van der Waals surface area (Å²) >= 11 is 0. The number of hydrogen-bond acceptors (Lipinski definition) is 3. The van der Waals surface area contributed by atoms with Gasteiger partial charge in [0.15, 0.2) is 0 Å². The molecule has 4 nitrogen and oxygen atoms in total. The number of unbranched alkanes of at least 4 members (excludes halogenated alkanes) is 7. The van der Waals surface area contributed by atoms with Gasteiger partial charge in [-0.25, -0.2) is 4.98 Å². The maximum absolute atomic E-state index is 12.2. The first-order valence-electron chi connectivity index (χ1n) is 9.75. The number of aromatic nitrogens is 1. The van der Waals surface area contributed by atoms with Gasteiger partial charge in [-0.15, -0.1) is 0 Å². The summed E-state index contributed by atoms with van der Waals surface area (Å²) in [5, 5.41) is 2.77. The van der Waals surface area contributed by atoms with E-state index < -0.39 is 0 Å². The number of carbonyl (C=O) groups is 1. The Morgan fingerprint density at radius 2 is 1.62 bits per heavy atom. The SMILES string of the molecule is CCCCCCCCCCOc1ccc(C(=O)Nc2ccccn2)cc1. The Bertz CT molecular complexity index is 626. The van der Waals surface area contributed by atoms with Crippen LogP contribution in [0.15, 0.2) is 48.7 Å². The van der Waals surface area contributed by atoms with Crippen molar-refractivity contribution in [1.82, 2.24) is 4.98 Å². The first-order valence-corrected chi connectivity index (χ1v) is 9.75. The average Bonchev–Trinajstić information content (AvgIpc) is 2.68. The molecule has 0 spiro atoms. The molecule has 0 saturated heterocycles. The van der Waals surface area contributed by atoms with Gasteiger partial charge in [-0.1, -0.05) is 57.9 Å². The largest absolute Gasteiger partial charge is 0.494 e. The van der Waals surface area contributed by atoms with Crippen molar-refractivity contribution in [2.45, 2.75) is 58.3 Å². The second-order valence-electron chi connectivity index (χ2n) is 6.52. The van der Waals surface area contributed by atoms with Crippen LogP contribution in [-0.4, -0.2) is 17.5 Å². The second-order valence-corrected chi connectivity index (χ2v) is 6.52. The van der Waals surface area contributed by atoms with Crippen molar-refractivity contribution >= 4 is 11.7 Å². The topological polar surface area (TPSA) is 51.2 Å². The third-order valence-electron chi connectivity index (χ3n) is 4.29.